The molecule has 0 atom stereocenters. The van der Waals surface area contributed by atoms with Gasteiger partial charge in [-0.15, -0.1) is 0 Å². The smallest absolute Gasteiger partial charge is 0.282 e. The minimum absolute atomic E-state index is 0.278. The third-order valence-electron chi connectivity index (χ3n) is 6.20. The van der Waals surface area contributed by atoms with Crippen LogP contribution in [0.5, 0.6) is 0 Å². The van der Waals surface area contributed by atoms with Gasteiger partial charge < -0.3 is 5.32 Å². The number of nitrogens with zero attached hydrogens (tertiary/aromatic N) is 1. The summed E-state index contributed by atoms with van der Waals surface area (Å²) in [5.41, 5.74) is 2.71. The average molecular weight is 441 g/mol. The van der Waals surface area contributed by atoms with Crippen LogP contribution >= 0.6 is 0 Å². The normalized spacial score (nSPS) is 13.8. The number of rotatable bonds is 4. The summed E-state index contributed by atoms with van der Waals surface area (Å²) in [6.45, 7) is 0. The fraction of sp³-hybridized carbons (Fsp3) is 0. The Bertz CT molecular complexity index is 1610. The van der Waals surface area contributed by atoms with Crippen LogP contribution in [-0.2, 0) is 9.59 Å². The van der Waals surface area contributed by atoms with Crippen LogP contribution in [0, 0.1) is 0 Å². The molecule has 0 radical (unpaired) electrons. The number of fused-ring (bicyclic) bond motifs is 2. The molecule has 4 nitrogen and oxygen atoms in total. The highest BCUT2D eigenvalue weighted by Gasteiger charge is 2.40. The quantitative estimate of drug-likeness (QED) is 0.330. The van der Waals surface area contributed by atoms with Gasteiger partial charge in [-0.3, -0.25) is 9.59 Å². The zero-order chi connectivity index (χ0) is 23.1. The molecule has 0 aromatic heterocycles. The van der Waals surface area contributed by atoms with Crippen LogP contribution in [0.3, 0.4) is 0 Å². The fourth-order valence-corrected chi connectivity index (χ4v) is 4.61. The molecule has 0 aliphatic carbocycles. The molecule has 0 saturated carbocycles. The van der Waals surface area contributed by atoms with E-state index >= 15 is 0 Å². The van der Waals surface area contributed by atoms with E-state index in [1.54, 1.807) is 0 Å². The summed E-state index contributed by atoms with van der Waals surface area (Å²) in [4.78, 5) is 29.0. The van der Waals surface area contributed by atoms with Gasteiger partial charge in [-0.25, -0.2) is 4.90 Å². The van der Waals surface area contributed by atoms with Gasteiger partial charge in [0.25, 0.3) is 11.8 Å². The Balaban J connectivity index is 1.53. The number of anilines is 2. The van der Waals surface area contributed by atoms with Crippen molar-refractivity contribution in [3.63, 3.8) is 0 Å². The van der Waals surface area contributed by atoms with E-state index in [4.69, 9.17) is 0 Å². The maximum Gasteiger partial charge on any atom is 0.282 e. The maximum absolute atomic E-state index is 13.9. The molecule has 6 rings (SSSR count). The number of carbonyl (C=O) groups is 2. The second-order valence-corrected chi connectivity index (χ2v) is 8.21. The molecule has 0 saturated heterocycles. The first-order chi connectivity index (χ1) is 16.7. The van der Waals surface area contributed by atoms with E-state index in [9.17, 15) is 9.59 Å². The minimum Gasteiger partial charge on any atom is -0.350 e. The van der Waals surface area contributed by atoms with Gasteiger partial charge in [0.2, 0.25) is 0 Å². The SMILES string of the molecule is O=C1C(Nc2cccc3ccccc23)=C(c2ccccc2)C(=O)N1c1cccc2ccccc12. The predicted molar refractivity (Wildman–Crippen MR) is 137 cm³/mol. The second-order valence-electron chi connectivity index (χ2n) is 8.21. The molecule has 0 bridgehead atoms. The Morgan fingerprint density at radius 2 is 1.12 bits per heavy atom. The third kappa shape index (κ3) is 3.16. The molecule has 1 heterocycles. The summed E-state index contributed by atoms with van der Waals surface area (Å²) in [5.74, 6) is -0.705. The first-order valence-electron chi connectivity index (χ1n) is 11.1. The van der Waals surface area contributed by atoms with Crippen molar-refractivity contribution in [1.29, 1.82) is 0 Å². The van der Waals surface area contributed by atoms with E-state index in [1.807, 2.05) is 115 Å². The van der Waals surface area contributed by atoms with Crippen LogP contribution in [0.1, 0.15) is 5.56 Å². The lowest BCUT2D eigenvalue weighted by molar-refractivity contribution is -0.120. The van der Waals surface area contributed by atoms with Crippen LogP contribution in [0.4, 0.5) is 11.4 Å². The first-order valence-corrected chi connectivity index (χ1v) is 11.1. The van der Waals surface area contributed by atoms with Crippen LogP contribution < -0.4 is 10.2 Å². The van der Waals surface area contributed by atoms with Crippen molar-refractivity contribution in [3.8, 4) is 0 Å². The number of hydrogen-bond donors (Lipinski definition) is 1. The van der Waals surface area contributed by atoms with Crippen molar-refractivity contribution in [2.24, 2.45) is 0 Å². The summed E-state index contributed by atoms with van der Waals surface area (Å²) in [6, 6.07) is 36.7. The van der Waals surface area contributed by atoms with Gasteiger partial charge in [-0.2, -0.15) is 0 Å². The van der Waals surface area contributed by atoms with Gasteiger partial charge in [0, 0.05) is 16.5 Å². The molecule has 4 heteroatoms. The molecule has 1 aliphatic heterocycles. The second kappa shape index (κ2) is 8.01. The van der Waals surface area contributed by atoms with E-state index < -0.39 is 0 Å². The van der Waals surface area contributed by atoms with Crippen molar-refractivity contribution in [3.05, 3.63) is 127 Å². The van der Waals surface area contributed by atoms with Crippen molar-refractivity contribution < 1.29 is 9.59 Å². The summed E-state index contributed by atoms with van der Waals surface area (Å²) in [5, 5.41) is 7.18. The largest absolute Gasteiger partial charge is 0.350 e. The molecule has 5 aromatic carbocycles. The van der Waals surface area contributed by atoms with E-state index in [0.29, 0.717) is 16.8 Å². The lowest BCUT2D eigenvalue weighted by Crippen LogP contribution is -2.32. The molecule has 2 amide bonds. The van der Waals surface area contributed by atoms with E-state index in [-0.39, 0.29) is 17.5 Å². The van der Waals surface area contributed by atoms with Gasteiger partial charge in [0.1, 0.15) is 5.70 Å². The van der Waals surface area contributed by atoms with Crippen LogP contribution in [0.15, 0.2) is 121 Å². The topological polar surface area (TPSA) is 49.4 Å². The van der Waals surface area contributed by atoms with Gasteiger partial charge in [0.15, 0.2) is 0 Å². The van der Waals surface area contributed by atoms with Crippen molar-refractivity contribution in [2.45, 2.75) is 0 Å². The standard InChI is InChI=1S/C30H20N2O2/c33-29-27(22-12-2-1-3-13-22)28(31-25-18-8-14-20-10-4-6-16-23(20)25)30(34)32(29)26-19-9-15-21-11-5-7-17-24(21)26/h1-19,31H. The first kappa shape index (κ1) is 19.9. The van der Waals surface area contributed by atoms with E-state index in [1.165, 1.54) is 4.90 Å². The van der Waals surface area contributed by atoms with Crippen LogP contribution in [0.25, 0.3) is 27.1 Å². The van der Waals surface area contributed by atoms with Crippen molar-refractivity contribution in [1.82, 2.24) is 0 Å². The highest BCUT2D eigenvalue weighted by atomic mass is 16.2. The lowest BCUT2D eigenvalue weighted by Gasteiger charge is -2.18. The molecular formula is C30H20N2O2. The molecule has 1 aliphatic rings. The molecule has 0 spiro atoms. The van der Waals surface area contributed by atoms with Crippen LogP contribution in [0.2, 0.25) is 0 Å². The molecule has 162 valence electrons. The van der Waals surface area contributed by atoms with Crippen molar-refractivity contribution >= 4 is 50.3 Å². The van der Waals surface area contributed by atoms with E-state index in [2.05, 4.69) is 5.32 Å². The lowest BCUT2D eigenvalue weighted by atomic mass is 10.0. The Hall–Kier alpha value is -4.70. The number of amides is 2. The van der Waals surface area contributed by atoms with Gasteiger partial charge in [-0.05, 0) is 28.5 Å². The van der Waals surface area contributed by atoms with Crippen LogP contribution in [-0.4, -0.2) is 11.8 Å². The summed E-state index contributed by atoms with van der Waals surface area (Å²) in [6.07, 6.45) is 0. The number of benzene rings is 5. The number of nitrogens with one attached hydrogen (secondary N) is 1. The summed E-state index contributed by atoms with van der Waals surface area (Å²) < 4.78 is 0. The van der Waals surface area contributed by atoms with Gasteiger partial charge >= 0.3 is 0 Å². The Morgan fingerprint density at radius 3 is 1.88 bits per heavy atom. The predicted octanol–water partition coefficient (Wildman–Crippen LogP) is 6.39. The zero-order valence-electron chi connectivity index (χ0n) is 18.2. The Kier molecular flexibility index (Phi) is 4.70. The number of carbonyl (C=O) groups excluding carboxylic acids is 2. The minimum atomic E-state index is -0.367. The average Bonchev–Trinajstić information content (AvgIpc) is 3.13. The molecule has 0 unspecified atom stereocenters. The van der Waals surface area contributed by atoms with Crippen molar-refractivity contribution in [2.75, 3.05) is 10.2 Å². The zero-order valence-corrected chi connectivity index (χ0v) is 18.2. The summed E-state index contributed by atoms with van der Waals surface area (Å²) in [7, 11) is 0. The van der Waals surface area contributed by atoms with Gasteiger partial charge in [-0.1, -0.05) is 103 Å². The number of hydrogen-bond acceptors (Lipinski definition) is 3. The maximum atomic E-state index is 13.9. The molecule has 1 N–H and O–H groups in total. The molecular weight excluding hydrogens is 420 g/mol. The highest BCUT2D eigenvalue weighted by molar-refractivity contribution is 6.47. The molecule has 5 aromatic rings. The highest BCUT2D eigenvalue weighted by Crippen LogP contribution is 2.37. The Labute approximate surface area is 196 Å². The fourth-order valence-electron chi connectivity index (χ4n) is 4.61. The Morgan fingerprint density at radius 1 is 0.529 bits per heavy atom. The summed E-state index contributed by atoms with van der Waals surface area (Å²) >= 11 is 0. The number of imide groups is 1. The molecule has 0 fully saturated rings. The van der Waals surface area contributed by atoms with Gasteiger partial charge in [0.05, 0.1) is 11.3 Å². The monoisotopic (exact) mass is 440 g/mol. The molecule has 34 heavy (non-hydrogen) atoms. The van der Waals surface area contributed by atoms with E-state index in [0.717, 1.165) is 27.2 Å². The third-order valence-corrected chi connectivity index (χ3v) is 6.20.